The Hall–Kier alpha value is -1.16. The summed E-state index contributed by atoms with van der Waals surface area (Å²) in [6.07, 6.45) is 0. The fourth-order valence-electron chi connectivity index (χ4n) is 1.26. The molecule has 1 aliphatic heterocycles. The predicted octanol–water partition coefficient (Wildman–Crippen LogP) is 1.10. The summed E-state index contributed by atoms with van der Waals surface area (Å²) in [5, 5.41) is 4.18. The lowest BCUT2D eigenvalue weighted by molar-refractivity contribution is 0.468. The summed E-state index contributed by atoms with van der Waals surface area (Å²) in [5.41, 5.74) is 3.98. The van der Waals surface area contributed by atoms with Crippen LogP contribution in [0.15, 0.2) is 35.4 Å². The SMILES string of the molecule is CN1C(c2ccccc2)=NNC1S. The molecule has 1 unspecified atom stereocenters. The van der Waals surface area contributed by atoms with Gasteiger partial charge in [-0.15, -0.1) is 12.6 Å². The number of nitrogens with one attached hydrogen (secondary N) is 1. The Morgan fingerprint density at radius 2 is 2.08 bits per heavy atom. The molecule has 68 valence electrons. The van der Waals surface area contributed by atoms with E-state index in [9.17, 15) is 0 Å². The molecule has 4 heteroatoms. The fraction of sp³-hybridized carbons (Fsp3) is 0.222. The number of nitrogens with zero attached hydrogens (tertiary/aromatic N) is 2. The predicted molar refractivity (Wildman–Crippen MR) is 56.7 cm³/mol. The molecule has 0 fully saturated rings. The van der Waals surface area contributed by atoms with E-state index < -0.39 is 0 Å². The molecule has 1 aliphatic rings. The van der Waals surface area contributed by atoms with Crippen molar-refractivity contribution in [1.29, 1.82) is 0 Å². The van der Waals surface area contributed by atoms with Gasteiger partial charge in [0.25, 0.3) is 0 Å². The zero-order valence-electron chi connectivity index (χ0n) is 7.31. The molecule has 0 saturated heterocycles. The highest BCUT2D eigenvalue weighted by atomic mass is 32.1. The first-order chi connectivity index (χ1) is 6.29. The van der Waals surface area contributed by atoms with Gasteiger partial charge in [0.05, 0.1) is 0 Å². The van der Waals surface area contributed by atoms with Crippen molar-refractivity contribution in [3.63, 3.8) is 0 Å². The van der Waals surface area contributed by atoms with Crippen LogP contribution in [0.5, 0.6) is 0 Å². The molecule has 13 heavy (non-hydrogen) atoms. The lowest BCUT2D eigenvalue weighted by atomic mass is 10.2. The minimum Gasteiger partial charge on any atom is -0.328 e. The number of amidine groups is 1. The van der Waals surface area contributed by atoms with E-state index >= 15 is 0 Å². The van der Waals surface area contributed by atoms with E-state index in [-0.39, 0.29) is 5.50 Å². The van der Waals surface area contributed by atoms with E-state index in [1.165, 1.54) is 0 Å². The quantitative estimate of drug-likeness (QED) is 0.654. The molecular formula is C9H11N3S. The van der Waals surface area contributed by atoms with Crippen molar-refractivity contribution in [2.45, 2.75) is 5.50 Å². The second kappa shape index (κ2) is 3.30. The van der Waals surface area contributed by atoms with Gasteiger partial charge in [-0.2, -0.15) is 5.10 Å². The zero-order chi connectivity index (χ0) is 9.26. The Morgan fingerprint density at radius 1 is 1.38 bits per heavy atom. The smallest absolute Gasteiger partial charge is 0.161 e. The highest BCUT2D eigenvalue weighted by Crippen LogP contribution is 2.12. The first-order valence-electron chi connectivity index (χ1n) is 4.08. The fourth-order valence-corrected chi connectivity index (χ4v) is 1.42. The van der Waals surface area contributed by atoms with Crippen LogP contribution in [-0.4, -0.2) is 23.3 Å². The van der Waals surface area contributed by atoms with Crippen molar-refractivity contribution >= 4 is 18.5 Å². The lowest BCUT2D eigenvalue weighted by Crippen LogP contribution is -2.32. The molecule has 1 heterocycles. The second-order valence-corrected chi connectivity index (χ2v) is 3.40. The number of rotatable bonds is 1. The molecule has 0 bridgehead atoms. The molecule has 0 amide bonds. The molecule has 3 nitrogen and oxygen atoms in total. The number of hydrazone groups is 1. The third-order valence-corrected chi connectivity index (χ3v) is 2.48. The van der Waals surface area contributed by atoms with Crippen molar-refractivity contribution in [2.75, 3.05) is 7.05 Å². The summed E-state index contributed by atoms with van der Waals surface area (Å²) in [5.74, 6) is 0.931. The van der Waals surface area contributed by atoms with Gasteiger partial charge in [0, 0.05) is 12.6 Å². The molecular weight excluding hydrogens is 182 g/mol. The number of hydrogen-bond acceptors (Lipinski definition) is 4. The molecule has 1 aromatic rings. The first-order valence-corrected chi connectivity index (χ1v) is 4.60. The summed E-state index contributed by atoms with van der Waals surface area (Å²) in [6.45, 7) is 0. The molecule has 0 radical (unpaired) electrons. The molecule has 2 rings (SSSR count). The summed E-state index contributed by atoms with van der Waals surface area (Å²) in [4.78, 5) is 1.98. The topological polar surface area (TPSA) is 27.6 Å². The van der Waals surface area contributed by atoms with Crippen molar-refractivity contribution in [1.82, 2.24) is 10.3 Å². The van der Waals surface area contributed by atoms with Gasteiger partial charge in [-0.1, -0.05) is 30.3 Å². The summed E-state index contributed by atoms with van der Waals surface area (Å²) >= 11 is 4.30. The molecule has 0 saturated carbocycles. The van der Waals surface area contributed by atoms with E-state index in [4.69, 9.17) is 0 Å². The van der Waals surface area contributed by atoms with Crippen LogP contribution < -0.4 is 5.43 Å². The summed E-state index contributed by atoms with van der Waals surface area (Å²) in [7, 11) is 1.96. The van der Waals surface area contributed by atoms with Crippen molar-refractivity contribution < 1.29 is 0 Å². The van der Waals surface area contributed by atoms with Gasteiger partial charge in [0.1, 0.15) is 0 Å². The second-order valence-electron chi connectivity index (χ2n) is 2.92. The Morgan fingerprint density at radius 3 is 2.62 bits per heavy atom. The van der Waals surface area contributed by atoms with Crippen molar-refractivity contribution in [2.24, 2.45) is 5.10 Å². The highest BCUT2D eigenvalue weighted by Gasteiger charge is 2.21. The van der Waals surface area contributed by atoms with Gasteiger partial charge in [-0.25, -0.2) is 0 Å². The highest BCUT2D eigenvalue weighted by molar-refractivity contribution is 7.80. The molecule has 1 N–H and O–H groups in total. The summed E-state index contributed by atoms with van der Waals surface area (Å²) in [6, 6.07) is 10.0. The van der Waals surface area contributed by atoms with E-state index in [2.05, 4.69) is 23.2 Å². The normalized spacial score (nSPS) is 21.2. The Balaban J connectivity index is 2.29. The largest absolute Gasteiger partial charge is 0.328 e. The van der Waals surface area contributed by atoms with Gasteiger partial charge >= 0.3 is 0 Å². The lowest BCUT2D eigenvalue weighted by Gasteiger charge is -2.17. The average molecular weight is 193 g/mol. The number of benzene rings is 1. The van der Waals surface area contributed by atoms with Gasteiger partial charge in [0.15, 0.2) is 11.3 Å². The van der Waals surface area contributed by atoms with E-state index in [0.717, 1.165) is 11.4 Å². The Kier molecular flexibility index (Phi) is 2.14. The van der Waals surface area contributed by atoms with E-state index in [0.29, 0.717) is 0 Å². The van der Waals surface area contributed by atoms with E-state index in [1.54, 1.807) is 0 Å². The maximum absolute atomic E-state index is 4.30. The maximum Gasteiger partial charge on any atom is 0.161 e. The van der Waals surface area contributed by atoms with Crippen LogP contribution in [0.25, 0.3) is 0 Å². The standard InChI is InChI=1S/C9H11N3S/c1-12-8(10-11-9(12)13)7-5-3-2-4-6-7/h2-6,9,11,13H,1H3. The number of thiol groups is 1. The van der Waals surface area contributed by atoms with Crippen molar-refractivity contribution in [3.05, 3.63) is 35.9 Å². The van der Waals surface area contributed by atoms with Crippen LogP contribution in [0, 0.1) is 0 Å². The van der Waals surface area contributed by atoms with Crippen LogP contribution in [0.2, 0.25) is 0 Å². The van der Waals surface area contributed by atoms with Crippen LogP contribution >= 0.6 is 12.6 Å². The van der Waals surface area contributed by atoms with E-state index in [1.807, 2.05) is 42.3 Å². The van der Waals surface area contributed by atoms with Gasteiger partial charge in [-0.3, -0.25) is 5.43 Å². The Labute approximate surface area is 82.9 Å². The minimum atomic E-state index is -0.0183. The minimum absolute atomic E-state index is 0.0183. The van der Waals surface area contributed by atoms with Crippen molar-refractivity contribution in [3.8, 4) is 0 Å². The Bertz CT molecular complexity index is 323. The van der Waals surface area contributed by atoms with Crippen LogP contribution in [0.1, 0.15) is 5.56 Å². The number of hydrogen-bond donors (Lipinski definition) is 2. The van der Waals surface area contributed by atoms with Gasteiger partial charge in [0.2, 0.25) is 0 Å². The molecule has 1 aromatic carbocycles. The third kappa shape index (κ3) is 1.49. The van der Waals surface area contributed by atoms with Gasteiger partial charge < -0.3 is 4.90 Å². The first kappa shape index (κ1) is 8.44. The average Bonchev–Trinajstić information content (AvgIpc) is 2.49. The third-order valence-electron chi connectivity index (χ3n) is 2.02. The maximum atomic E-state index is 4.30. The van der Waals surface area contributed by atoms with Crippen LogP contribution in [0.3, 0.4) is 0 Å². The zero-order valence-corrected chi connectivity index (χ0v) is 8.20. The van der Waals surface area contributed by atoms with Crippen LogP contribution in [-0.2, 0) is 0 Å². The molecule has 0 aromatic heterocycles. The molecule has 0 spiro atoms. The molecule has 0 aliphatic carbocycles. The molecule has 1 atom stereocenters. The van der Waals surface area contributed by atoms with Gasteiger partial charge in [-0.05, 0) is 0 Å². The monoisotopic (exact) mass is 193 g/mol. The summed E-state index contributed by atoms with van der Waals surface area (Å²) < 4.78 is 0. The van der Waals surface area contributed by atoms with Crippen LogP contribution in [0.4, 0.5) is 0 Å².